The second kappa shape index (κ2) is 7.14. The minimum atomic E-state index is 0.168. The molecule has 8 nitrogen and oxygen atoms in total. The van der Waals surface area contributed by atoms with Gasteiger partial charge < -0.3 is 14.7 Å². The zero-order chi connectivity index (χ0) is 19.8. The number of hydrogen-bond acceptors (Lipinski definition) is 7. The molecule has 0 aliphatic carbocycles. The number of morpholine rings is 1. The van der Waals surface area contributed by atoms with Gasteiger partial charge in [-0.05, 0) is 31.2 Å². The Hall–Kier alpha value is -3.52. The summed E-state index contributed by atoms with van der Waals surface area (Å²) in [4.78, 5) is 20.9. The number of anilines is 1. The largest absolute Gasteiger partial charge is 0.508 e. The summed E-state index contributed by atoms with van der Waals surface area (Å²) < 4.78 is 7.41. The van der Waals surface area contributed by atoms with Crippen LogP contribution < -0.4 is 4.90 Å². The van der Waals surface area contributed by atoms with E-state index in [1.807, 2.05) is 41.8 Å². The highest BCUT2D eigenvalue weighted by molar-refractivity contribution is 5.77. The molecule has 29 heavy (non-hydrogen) atoms. The van der Waals surface area contributed by atoms with Crippen LogP contribution >= 0.6 is 0 Å². The molecule has 0 atom stereocenters. The number of benzene rings is 2. The minimum Gasteiger partial charge on any atom is -0.508 e. The van der Waals surface area contributed by atoms with E-state index in [4.69, 9.17) is 19.7 Å². The predicted molar refractivity (Wildman–Crippen MR) is 109 cm³/mol. The SMILES string of the molecule is Cc1nc2ccccc2n1-c1nc(-c2cccc(O)c2)nc(N2CCOCC2)n1. The molecule has 1 N–H and O–H groups in total. The lowest BCUT2D eigenvalue weighted by Crippen LogP contribution is -2.37. The number of aromatic hydroxyl groups is 1. The zero-order valence-electron chi connectivity index (χ0n) is 16.0. The van der Waals surface area contributed by atoms with Crippen molar-refractivity contribution < 1.29 is 9.84 Å². The van der Waals surface area contributed by atoms with E-state index < -0.39 is 0 Å². The Balaban J connectivity index is 1.71. The van der Waals surface area contributed by atoms with Crippen molar-refractivity contribution >= 4 is 17.0 Å². The van der Waals surface area contributed by atoms with Crippen LogP contribution in [0.4, 0.5) is 5.95 Å². The van der Waals surface area contributed by atoms with Crippen LogP contribution in [0.2, 0.25) is 0 Å². The van der Waals surface area contributed by atoms with Crippen LogP contribution in [0.5, 0.6) is 5.75 Å². The molecule has 0 radical (unpaired) electrons. The molecule has 1 aliphatic rings. The molecule has 4 aromatic rings. The molecule has 0 saturated carbocycles. The monoisotopic (exact) mass is 388 g/mol. The number of fused-ring (bicyclic) bond motifs is 1. The first-order valence-electron chi connectivity index (χ1n) is 9.52. The third kappa shape index (κ3) is 3.27. The highest BCUT2D eigenvalue weighted by atomic mass is 16.5. The molecule has 0 unspecified atom stereocenters. The van der Waals surface area contributed by atoms with Gasteiger partial charge in [0.25, 0.3) is 0 Å². The number of para-hydroxylation sites is 2. The average Bonchev–Trinajstić information content (AvgIpc) is 3.10. The fourth-order valence-electron chi connectivity index (χ4n) is 3.53. The number of hydrogen-bond donors (Lipinski definition) is 1. The van der Waals surface area contributed by atoms with Gasteiger partial charge in [0, 0.05) is 18.7 Å². The summed E-state index contributed by atoms with van der Waals surface area (Å²) in [6.45, 7) is 4.64. The zero-order valence-corrected chi connectivity index (χ0v) is 16.0. The normalized spacial score (nSPS) is 14.4. The van der Waals surface area contributed by atoms with Gasteiger partial charge in [-0.25, -0.2) is 4.98 Å². The first-order valence-corrected chi connectivity index (χ1v) is 9.52. The topological polar surface area (TPSA) is 89.2 Å². The van der Waals surface area contributed by atoms with Gasteiger partial charge in [-0.1, -0.05) is 24.3 Å². The van der Waals surface area contributed by atoms with Crippen molar-refractivity contribution in [2.75, 3.05) is 31.2 Å². The minimum absolute atomic E-state index is 0.168. The maximum Gasteiger partial charge on any atom is 0.241 e. The number of phenolic OH excluding ortho intramolecular Hbond substituents is 1. The molecule has 0 spiro atoms. The summed E-state index contributed by atoms with van der Waals surface area (Å²) in [5.41, 5.74) is 2.55. The van der Waals surface area contributed by atoms with Crippen molar-refractivity contribution in [3.05, 3.63) is 54.4 Å². The summed E-state index contributed by atoms with van der Waals surface area (Å²) in [6, 6.07) is 14.8. The Morgan fingerprint density at radius 2 is 1.69 bits per heavy atom. The van der Waals surface area contributed by atoms with Gasteiger partial charge >= 0.3 is 0 Å². The third-order valence-corrected chi connectivity index (χ3v) is 4.94. The lowest BCUT2D eigenvalue weighted by atomic mass is 10.2. The van der Waals surface area contributed by atoms with Gasteiger partial charge in [0.05, 0.1) is 24.2 Å². The van der Waals surface area contributed by atoms with Crippen LogP contribution in [-0.2, 0) is 4.74 Å². The van der Waals surface area contributed by atoms with E-state index in [-0.39, 0.29) is 5.75 Å². The summed E-state index contributed by atoms with van der Waals surface area (Å²) in [7, 11) is 0. The van der Waals surface area contributed by atoms with Crippen molar-refractivity contribution in [1.82, 2.24) is 24.5 Å². The molecule has 1 fully saturated rings. The Morgan fingerprint density at radius 1 is 0.897 bits per heavy atom. The highest BCUT2D eigenvalue weighted by Gasteiger charge is 2.20. The second-order valence-electron chi connectivity index (χ2n) is 6.89. The molecule has 1 aliphatic heterocycles. The predicted octanol–water partition coefficient (Wildman–Crippen LogP) is 2.73. The van der Waals surface area contributed by atoms with E-state index in [0.717, 1.165) is 22.4 Å². The lowest BCUT2D eigenvalue weighted by molar-refractivity contribution is 0.122. The molecule has 2 aromatic heterocycles. The standard InChI is InChI=1S/C21H20N6O2/c1-14-22-17-7-2-3-8-18(17)27(14)21-24-19(15-5-4-6-16(28)13-15)23-20(25-21)26-9-11-29-12-10-26/h2-8,13,28H,9-12H2,1H3. The Morgan fingerprint density at radius 3 is 2.52 bits per heavy atom. The summed E-state index contributed by atoms with van der Waals surface area (Å²) >= 11 is 0. The smallest absolute Gasteiger partial charge is 0.241 e. The van der Waals surface area contributed by atoms with Gasteiger partial charge in [-0.2, -0.15) is 15.0 Å². The maximum absolute atomic E-state index is 9.92. The summed E-state index contributed by atoms with van der Waals surface area (Å²) in [5, 5.41) is 9.92. The van der Waals surface area contributed by atoms with Crippen LogP contribution in [0.25, 0.3) is 28.4 Å². The number of aromatic nitrogens is 5. The van der Waals surface area contributed by atoms with Crippen molar-refractivity contribution in [3.63, 3.8) is 0 Å². The van der Waals surface area contributed by atoms with E-state index in [1.54, 1.807) is 18.2 Å². The number of aryl methyl sites for hydroxylation is 1. The van der Waals surface area contributed by atoms with Gasteiger partial charge in [-0.15, -0.1) is 0 Å². The number of rotatable bonds is 3. The molecular formula is C21H20N6O2. The van der Waals surface area contributed by atoms with Gasteiger partial charge in [-0.3, -0.25) is 4.57 Å². The number of phenols is 1. The number of nitrogens with zero attached hydrogens (tertiary/aromatic N) is 6. The molecule has 2 aromatic carbocycles. The highest BCUT2D eigenvalue weighted by Crippen LogP contribution is 2.25. The fraction of sp³-hybridized carbons (Fsp3) is 0.238. The van der Waals surface area contributed by atoms with E-state index >= 15 is 0 Å². The summed E-state index contributed by atoms with van der Waals surface area (Å²) in [5.74, 6) is 2.57. The first-order chi connectivity index (χ1) is 14.2. The number of ether oxygens (including phenoxy) is 1. The lowest BCUT2D eigenvalue weighted by Gasteiger charge is -2.27. The Labute approximate surface area is 167 Å². The van der Waals surface area contributed by atoms with Gasteiger partial charge in [0.1, 0.15) is 11.6 Å². The molecule has 1 saturated heterocycles. The Bertz CT molecular complexity index is 1180. The van der Waals surface area contributed by atoms with Gasteiger partial charge in [0.2, 0.25) is 11.9 Å². The van der Waals surface area contributed by atoms with Crippen molar-refractivity contribution in [1.29, 1.82) is 0 Å². The molecule has 5 rings (SSSR count). The average molecular weight is 388 g/mol. The maximum atomic E-state index is 9.92. The third-order valence-electron chi connectivity index (χ3n) is 4.94. The van der Waals surface area contributed by atoms with Crippen molar-refractivity contribution in [2.45, 2.75) is 6.92 Å². The molecule has 0 bridgehead atoms. The van der Waals surface area contributed by atoms with Crippen LogP contribution in [0.3, 0.4) is 0 Å². The first kappa shape index (κ1) is 17.6. The van der Waals surface area contributed by atoms with Crippen LogP contribution in [0.15, 0.2) is 48.5 Å². The van der Waals surface area contributed by atoms with Crippen LogP contribution in [0.1, 0.15) is 5.82 Å². The van der Waals surface area contributed by atoms with Crippen molar-refractivity contribution in [2.24, 2.45) is 0 Å². The van der Waals surface area contributed by atoms with Crippen LogP contribution in [-0.4, -0.2) is 55.9 Å². The van der Waals surface area contributed by atoms with E-state index in [1.165, 1.54) is 0 Å². The molecule has 3 heterocycles. The number of imidazole rings is 1. The van der Waals surface area contributed by atoms with E-state index in [9.17, 15) is 5.11 Å². The molecule has 0 amide bonds. The Kier molecular flexibility index (Phi) is 4.33. The molecular weight excluding hydrogens is 368 g/mol. The summed E-state index contributed by atoms with van der Waals surface area (Å²) in [6.07, 6.45) is 0. The van der Waals surface area contributed by atoms with E-state index in [0.29, 0.717) is 44.0 Å². The van der Waals surface area contributed by atoms with Crippen molar-refractivity contribution in [3.8, 4) is 23.1 Å². The van der Waals surface area contributed by atoms with Crippen LogP contribution in [0, 0.1) is 6.92 Å². The molecule has 8 heteroatoms. The quantitative estimate of drug-likeness (QED) is 0.577. The second-order valence-corrected chi connectivity index (χ2v) is 6.89. The molecule has 146 valence electrons. The van der Waals surface area contributed by atoms with E-state index in [2.05, 4.69) is 9.88 Å². The fourth-order valence-corrected chi connectivity index (χ4v) is 3.53. The van der Waals surface area contributed by atoms with Gasteiger partial charge in [0.15, 0.2) is 5.82 Å².